The summed E-state index contributed by atoms with van der Waals surface area (Å²) in [5.74, 6) is 1.96. The largest absolute Gasteiger partial charge is 0.494 e. The number of anilines is 1. The fraction of sp³-hybridized carbons (Fsp3) is 0.318. The van der Waals surface area contributed by atoms with E-state index >= 15 is 0 Å². The molecule has 0 fully saturated rings. The van der Waals surface area contributed by atoms with Crippen molar-refractivity contribution in [3.8, 4) is 11.6 Å². The Morgan fingerprint density at radius 2 is 1.89 bits per heavy atom. The van der Waals surface area contributed by atoms with Crippen LogP contribution in [0.4, 0.5) is 5.82 Å². The van der Waals surface area contributed by atoms with E-state index in [0.717, 1.165) is 17.0 Å². The van der Waals surface area contributed by atoms with Crippen LogP contribution >= 0.6 is 0 Å². The highest BCUT2D eigenvalue weighted by Gasteiger charge is 2.21. The third-order valence-corrected chi connectivity index (χ3v) is 4.21. The van der Waals surface area contributed by atoms with Gasteiger partial charge in [-0.3, -0.25) is 4.79 Å². The fourth-order valence-electron chi connectivity index (χ4n) is 2.73. The summed E-state index contributed by atoms with van der Waals surface area (Å²) in [6, 6.07) is 15.1. The Morgan fingerprint density at radius 3 is 2.50 bits per heavy atom. The Hall–Kier alpha value is -3.15. The highest BCUT2D eigenvalue weighted by Crippen LogP contribution is 2.26. The second kappa shape index (κ2) is 8.25. The van der Waals surface area contributed by atoms with Crippen molar-refractivity contribution in [3.05, 3.63) is 66.0 Å². The van der Waals surface area contributed by atoms with E-state index in [4.69, 9.17) is 4.74 Å². The van der Waals surface area contributed by atoms with E-state index in [9.17, 15) is 4.79 Å². The first-order chi connectivity index (χ1) is 13.4. The van der Waals surface area contributed by atoms with E-state index in [-0.39, 0.29) is 17.7 Å². The molecule has 0 radical (unpaired) electrons. The van der Waals surface area contributed by atoms with Gasteiger partial charge in [-0.25, -0.2) is 4.98 Å². The van der Waals surface area contributed by atoms with Gasteiger partial charge in [-0.15, -0.1) is 0 Å². The van der Waals surface area contributed by atoms with Crippen molar-refractivity contribution in [2.24, 2.45) is 0 Å². The lowest BCUT2D eigenvalue weighted by Crippen LogP contribution is -2.17. The Morgan fingerprint density at radius 1 is 1.14 bits per heavy atom. The number of carbonyl (C=O) groups is 1. The lowest BCUT2D eigenvalue weighted by atomic mass is 9.92. The fourth-order valence-corrected chi connectivity index (χ4v) is 2.73. The average molecular weight is 378 g/mol. The minimum atomic E-state index is -0.144. The highest BCUT2D eigenvalue weighted by atomic mass is 16.5. The molecule has 1 amide bonds. The van der Waals surface area contributed by atoms with Gasteiger partial charge in [0.05, 0.1) is 18.7 Å². The Balaban J connectivity index is 1.80. The SMILES string of the molecule is CCOc1ccc(CC(=O)Nc2cc(C(C)(C)C)nn2-c2ccccn2)cc1. The van der Waals surface area contributed by atoms with Gasteiger partial charge in [0.15, 0.2) is 5.82 Å². The molecule has 0 aliphatic carbocycles. The topological polar surface area (TPSA) is 69.0 Å². The van der Waals surface area contributed by atoms with Gasteiger partial charge in [0.1, 0.15) is 11.6 Å². The zero-order chi connectivity index (χ0) is 20.1. The lowest BCUT2D eigenvalue weighted by Gasteiger charge is -2.13. The number of carbonyl (C=O) groups excluding carboxylic acids is 1. The van der Waals surface area contributed by atoms with E-state index in [2.05, 4.69) is 36.2 Å². The molecule has 28 heavy (non-hydrogen) atoms. The molecule has 0 saturated carbocycles. The van der Waals surface area contributed by atoms with Crippen molar-refractivity contribution in [2.45, 2.75) is 39.5 Å². The molecule has 2 heterocycles. The van der Waals surface area contributed by atoms with Crippen molar-refractivity contribution < 1.29 is 9.53 Å². The number of pyridine rings is 1. The molecule has 0 atom stereocenters. The molecule has 0 saturated heterocycles. The van der Waals surface area contributed by atoms with Crippen LogP contribution in [-0.2, 0) is 16.6 Å². The van der Waals surface area contributed by atoms with E-state index in [1.54, 1.807) is 10.9 Å². The predicted molar refractivity (Wildman–Crippen MR) is 110 cm³/mol. The molecule has 3 aromatic rings. The molecule has 6 heteroatoms. The Kier molecular flexibility index (Phi) is 5.78. The number of hydrogen-bond donors (Lipinski definition) is 1. The number of ether oxygens (including phenoxy) is 1. The third kappa shape index (κ3) is 4.76. The summed E-state index contributed by atoms with van der Waals surface area (Å²) >= 11 is 0. The molecule has 3 rings (SSSR count). The number of aromatic nitrogens is 3. The molecule has 2 aromatic heterocycles. The molecule has 0 spiro atoms. The van der Waals surface area contributed by atoms with Crippen LogP contribution in [0.25, 0.3) is 5.82 Å². The summed E-state index contributed by atoms with van der Waals surface area (Å²) in [6.07, 6.45) is 1.98. The van der Waals surface area contributed by atoms with Crippen molar-refractivity contribution in [2.75, 3.05) is 11.9 Å². The van der Waals surface area contributed by atoms with Crippen molar-refractivity contribution >= 4 is 11.7 Å². The van der Waals surface area contributed by atoms with Gasteiger partial charge in [0.25, 0.3) is 0 Å². The van der Waals surface area contributed by atoms with E-state index in [1.807, 2.05) is 55.5 Å². The minimum Gasteiger partial charge on any atom is -0.494 e. The van der Waals surface area contributed by atoms with Gasteiger partial charge >= 0.3 is 0 Å². The van der Waals surface area contributed by atoms with Crippen LogP contribution in [0.2, 0.25) is 0 Å². The number of hydrogen-bond acceptors (Lipinski definition) is 4. The second-order valence-electron chi connectivity index (χ2n) is 7.57. The van der Waals surface area contributed by atoms with E-state index in [0.29, 0.717) is 18.2 Å². The van der Waals surface area contributed by atoms with Crippen LogP contribution in [0.15, 0.2) is 54.7 Å². The molecule has 0 aliphatic rings. The zero-order valence-electron chi connectivity index (χ0n) is 16.8. The third-order valence-electron chi connectivity index (χ3n) is 4.21. The number of nitrogens with zero attached hydrogens (tertiary/aromatic N) is 3. The summed E-state index contributed by atoms with van der Waals surface area (Å²) in [6.45, 7) is 8.82. The van der Waals surface area contributed by atoms with Gasteiger partial charge in [-0.1, -0.05) is 39.0 Å². The maximum atomic E-state index is 12.6. The van der Waals surface area contributed by atoms with Crippen molar-refractivity contribution in [1.29, 1.82) is 0 Å². The van der Waals surface area contributed by atoms with Crippen LogP contribution in [0.5, 0.6) is 5.75 Å². The van der Waals surface area contributed by atoms with Crippen LogP contribution in [0.3, 0.4) is 0 Å². The summed E-state index contributed by atoms with van der Waals surface area (Å²) in [7, 11) is 0. The molecule has 146 valence electrons. The molecule has 0 bridgehead atoms. The smallest absolute Gasteiger partial charge is 0.229 e. The summed E-state index contributed by atoms with van der Waals surface area (Å²) < 4.78 is 7.12. The summed E-state index contributed by atoms with van der Waals surface area (Å²) in [4.78, 5) is 17.0. The maximum absolute atomic E-state index is 12.6. The molecule has 0 unspecified atom stereocenters. The van der Waals surface area contributed by atoms with Gasteiger partial charge in [-0.05, 0) is 36.8 Å². The minimum absolute atomic E-state index is 0.110. The first kappa shape index (κ1) is 19.6. The van der Waals surface area contributed by atoms with Gasteiger partial charge < -0.3 is 10.1 Å². The van der Waals surface area contributed by atoms with E-state index < -0.39 is 0 Å². The Bertz CT molecular complexity index is 925. The number of amides is 1. The standard InChI is InChI=1S/C22H26N4O2/c1-5-28-17-11-9-16(10-12-17)14-21(27)24-20-15-18(22(2,3)4)25-26(20)19-8-6-7-13-23-19/h6-13,15H,5,14H2,1-4H3,(H,24,27). The lowest BCUT2D eigenvalue weighted by molar-refractivity contribution is -0.115. The van der Waals surface area contributed by atoms with Gasteiger partial charge in [-0.2, -0.15) is 9.78 Å². The molecular formula is C22H26N4O2. The summed E-state index contributed by atoms with van der Waals surface area (Å²) in [5, 5.41) is 7.65. The number of rotatable bonds is 6. The van der Waals surface area contributed by atoms with Gasteiger partial charge in [0, 0.05) is 17.7 Å². The number of nitrogens with one attached hydrogen (secondary N) is 1. The first-order valence-corrected chi connectivity index (χ1v) is 9.40. The average Bonchev–Trinajstić information content (AvgIpc) is 3.08. The van der Waals surface area contributed by atoms with Crippen LogP contribution < -0.4 is 10.1 Å². The highest BCUT2D eigenvalue weighted by molar-refractivity contribution is 5.91. The molecular weight excluding hydrogens is 352 g/mol. The zero-order valence-corrected chi connectivity index (χ0v) is 16.8. The number of benzene rings is 1. The first-order valence-electron chi connectivity index (χ1n) is 9.40. The van der Waals surface area contributed by atoms with Crippen LogP contribution in [0.1, 0.15) is 39.0 Å². The second-order valence-corrected chi connectivity index (χ2v) is 7.57. The molecule has 1 aromatic carbocycles. The van der Waals surface area contributed by atoms with E-state index in [1.165, 1.54) is 0 Å². The Labute approximate surface area is 165 Å². The quantitative estimate of drug-likeness (QED) is 0.700. The molecule has 6 nitrogen and oxygen atoms in total. The summed E-state index contributed by atoms with van der Waals surface area (Å²) in [5.41, 5.74) is 1.66. The van der Waals surface area contributed by atoms with Crippen molar-refractivity contribution in [1.82, 2.24) is 14.8 Å². The molecule has 0 aliphatic heterocycles. The van der Waals surface area contributed by atoms with Crippen molar-refractivity contribution in [3.63, 3.8) is 0 Å². The predicted octanol–water partition coefficient (Wildman–Crippen LogP) is 4.14. The normalized spacial score (nSPS) is 11.3. The monoisotopic (exact) mass is 378 g/mol. The maximum Gasteiger partial charge on any atom is 0.229 e. The van der Waals surface area contributed by atoms with Gasteiger partial charge in [0.2, 0.25) is 5.91 Å². The molecule has 1 N–H and O–H groups in total. The van der Waals surface area contributed by atoms with Crippen LogP contribution in [-0.4, -0.2) is 27.3 Å². The van der Waals surface area contributed by atoms with Crippen LogP contribution in [0, 0.1) is 0 Å².